The molecular weight excluding hydrogens is 1210 g/mol. The third-order valence-electron chi connectivity index (χ3n) is 16.6. The maximum absolute atomic E-state index is 12.9. The topological polar surface area (TPSA) is 220 Å². The number of benzene rings is 3. The second-order valence-corrected chi connectivity index (χ2v) is 26.4. The Kier molecular flexibility index (Phi) is 46.6. The number of ether oxygens (including phenoxy) is 6. The van der Waals surface area contributed by atoms with E-state index < -0.39 is 32.5 Å². The van der Waals surface area contributed by atoms with E-state index in [1.807, 2.05) is 37.5 Å². The summed E-state index contributed by atoms with van der Waals surface area (Å²) in [7, 11) is -2.59. The SMILES string of the molecule is CCCCCCCCCCCCCCCCCC(=O)OCC(COP(=O)(O)OCCCC(=O)COCCOCC(=O)NCCOCCOCCN(C)c1cccc(-c2ccc(-c3cnc4ccccc4n3)cc2)c1)OC(=O)CCCCCCCCCCCCCCCCC. The maximum Gasteiger partial charge on any atom is 0.472 e. The van der Waals surface area contributed by atoms with Crippen LogP contribution in [-0.2, 0) is 61.2 Å². The Morgan fingerprint density at radius 3 is 1.60 bits per heavy atom. The van der Waals surface area contributed by atoms with Crippen LogP contribution >= 0.6 is 7.82 Å². The standard InChI is InChI=1S/C75H119N4O14P/c1-4-6-8-10-12-14-16-18-20-22-24-26-28-30-32-43-74(82)90-61-69(93-75(83)44-33-31-29-27-25-23-21-19-17-15-13-11-9-7-5-2)62-92-94(84,85)91-51-37-40-68(80)60-88-56-57-89-63-73(81)76-49-52-86-54-55-87-53-50-79(3)67-39-36-38-66(58-67)64-45-47-65(48-46-64)72-59-77-70-41-34-35-42-71(70)78-72/h34-36,38-39,41-42,45-48,58-59,69H,4-33,37,40,43-44,49-57,60-63H2,1-3H3,(H,76,81)(H,84,85). The molecule has 0 fully saturated rings. The lowest BCUT2D eigenvalue weighted by Crippen LogP contribution is -2.31. The van der Waals surface area contributed by atoms with Crippen LogP contribution < -0.4 is 10.2 Å². The highest BCUT2D eigenvalue weighted by molar-refractivity contribution is 7.47. The summed E-state index contributed by atoms with van der Waals surface area (Å²) < 4.78 is 56.5. The Morgan fingerprint density at radius 2 is 1.01 bits per heavy atom. The van der Waals surface area contributed by atoms with Crippen molar-refractivity contribution < 1.29 is 66.1 Å². The van der Waals surface area contributed by atoms with E-state index in [1.54, 1.807) is 0 Å². The number of likely N-dealkylation sites (N-methyl/N-ethyl adjacent to an activating group) is 1. The predicted molar refractivity (Wildman–Crippen MR) is 376 cm³/mol. The second-order valence-electron chi connectivity index (χ2n) is 24.9. The molecule has 19 heteroatoms. The van der Waals surface area contributed by atoms with Gasteiger partial charge in [0.2, 0.25) is 5.91 Å². The van der Waals surface area contributed by atoms with Gasteiger partial charge in [-0.2, -0.15) is 0 Å². The van der Waals surface area contributed by atoms with Crippen molar-refractivity contribution in [3.8, 4) is 22.4 Å². The monoisotopic (exact) mass is 1330 g/mol. The number of ketones is 1. The molecule has 3 aromatic carbocycles. The molecule has 0 aliphatic heterocycles. The van der Waals surface area contributed by atoms with Gasteiger partial charge in [0.1, 0.15) is 19.8 Å². The summed E-state index contributed by atoms with van der Waals surface area (Å²) in [5.74, 6) is -1.49. The molecular formula is C75H119N4O14P. The lowest BCUT2D eigenvalue weighted by molar-refractivity contribution is -0.161. The van der Waals surface area contributed by atoms with Crippen molar-refractivity contribution >= 4 is 48.2 Å². The number of aromatic nitrogens is 2. The van der Waals surface area contributed by atoms with Gasteiger partial charge in [-0.3, -0.25) is 33.2 Å². The van der Waals surface area contributed by atoms with E-state index in [4.69, 9.17) is 42.5 Å². The third-order valence-corrected chi connectivity index (χ3v) is 17.6. The molecule has 1 heterocycles. The lowest BCUT2D eigenvalue weighted by atomic mass is 10.0. The normalized spacial score (nSPS) is 12.4. The first-order chi connectivity index (χ1) is 46.0. The molecule has 1 aromatic heterocycles. The fraction of sp³-hybridized carbons (Fsp3) is 0.680. The average molecular weight is 1330 g/mol. The number of rotatable bonds is 62. The highest BCUT2D eigenvalue weighted by Crippen LogP contribution is 2.43. The van der Waals surface area contributed by atoms with Gasteiger partial charge >= 0.3 is 19.8 Å². The number of nitrogens with one attached hydrogen (secondary N) is 1. The molecule has 2 unspecified atom stereocenters. The summed E-state index contributed by atoms with van der Waals surface area (Å²) in [6.45, 7) is 5.82. The molecule has 4 rings (SSSR count). The zero-order valence-corrected chi connectivity index (χ0v) is 58.8. The van der Waals surface area contributed by atoms with Crippen LogP contribution in [-0.4, -0.2) is 137 Å². The molecule has 0 spiro atoms. The van der Waals surface area contributed by atoms with E-state index in [1.165, 1.54) is 141 Å². The van der Waals surface area contributed by atoms with Gasteiger partial charge in [-0.15, -0.1) is 0 Å². The summed E-state index contributed by atoms with van der Waals surface area (Å²) >= 11 is 0. The molecule has 2 atom stereocenters. The smallest absolute Gasteiger partial charge is 0.462 e. The van der Waals surface area contributed by atoms with E-state index in [9.17, 15) is 28.6 Å². The predicted octanol–water partition coefficient (Wildman–Crippen LogP) is 17.0. The van der Waals surface area contributed by atoms with Crippen LogP contribution in [0.2, 0.25) is 0 Å². The van der Waals surface area contributed by atoms with E-state index in [-0.39, 0.29) is 77.0 Å². The molecule has 0 saturated carbocycles. The third kappa shape index (κ3) is 41.0. The number of anilines is 1. The molecule has 528 valence electrons. The summed E-state index contributed by atoms with van der Waals surface area (Å²) in [4.78, 5) is 72.3. The maximum atomic E-state index is 12.9. The van der Waals surface area contributed by atoms with Crippen molar-refractivity contribution in [2.24, 2.45) is 0 Å². The molecule has 0 aliphatic carbocycles. The van der Waals surface area contributed by atoms with Gasteiger partial charge in [0.05, 0.1) is 75.8 Å². The number of para-hydroxylation sites is 2. The van der Waals surface area contributed by atoms with Crippen LogP contribution in [0.15, 0.2) is 79.0 Å². The zero-order chi connectivity index (χ0) is 67.2. The molecule has 0 saturated heterocycles. The summed E-state index contributed by atoms with van der Waals surface area (Å²) in [6, 6.07) is 24.6. The van der Waals surface area contributed by atoms with Gasteiger partial charge in [0, 0.05) is 50.7 Å². The van der Waals surface area contributed by atoms with E-state index in [2.05, 4.69) is 77.6 Å². The highest BCUT2D eigenvalue weighted by Gasteiger charge is 2.26. The van der Waals surface area contributed by atoms with Crippen LogP contribution in [0.3, 0.4) is 0 Å². The number of esters is 2. The van der Waals surface area contributed by atoms with Gasteiger partial charge in [-0.1, -0.05) is 242 Å². The Balaban J connectivity index is 0.991. The first kappa shape index (κ1) is 81.3. The van der Waals surface area contributed by atoms with Crippen molar-refractivity contribution in [3.05, 3.63) is 79.0 Å². The summed E-state index contributed by atoms with van der Waals surface area (Å²) in [5.41, 5.74) is 6.88. The number of unbranched alkanes of at least 4 members (excludes halogenated alkanes) is 28. The molecule has 1 amide bonds. The Hall–Kier alpha value is -5.17. The molecule has 94 heavy (non-hydrogen) atoms. The minimum absolute atomic E-state index is 0.0155. The Labute approximate surface area is 564 Å². The fourth-order valence-electron chi connectivity index (χ4n) is 10.9. The number of Topliss-reactive ketones (excluding diaryl/α,β-unsaturated/α-hetero) is 1. The number of nitrogens with zero attached hydrogens (tertiary/aromatic N) is 3. The van der Waals surface area contributed by atoms with Crippen molar-refractivity contribution in [3.63, 3.8) is 0 Å². The first-order valence-electron chi connectivity index (χ1n) is 36.2. The number of hydrogen-bond donors (Lipinski definition) is 2. The molecule has 0 radical (unpaired) electrons. The Bertz CT molecular complexity index is 2650. The number of fused-ring (bicyclic) bond motifs is 1. The minimum atomic E-state index is -4.62. The number of hydrogen-bond acceptors (Lipinski definition) is 16. The Morgan fingerprint density at radius 1 is 0.500 bits per heavy atom. The average Bonchev–Trinajstić information content (AvgIpc) is 0.831. The van der Waals surface area contributed by atoms with Gasteiger partial charge in [-0.25, -0.2) is 9.55 Å². The largest absolute Gasteiger partial charge is 0.472 e. The lowest BCUT2D eigenvalue weighted by Gasteiger charge is -2.20. The fourth-order valence-corrected chi connectivity index (χ4v) is 11.7. The van der Waals surface area contributed by atoms with E-state index >= 15 is 0 Å². The van der Waals surface area contributed by atoms with Gasteiger partial charge < -0.3 is 43.5 Å². The highest BCUT2D eigenvalue weighted by atomic mass is 31.2. The van der Waals surface area contributed by atoms with Crippen molar-refractivity contribution in [1.82, 2.24) is 15.3 Å². The quantitative estimate of drug-likeness (QED) is 0.0238. The van der Waals surface area contributed by atoms with Crippen LogP contribution in [0.4, 0.5) is 5.69 Å². The van der Waals surface area contributed by atoms with Crippen LogP contribution in [0, 0.1) is 0 Å². The molecule has 4 aromatic rings. The van der Waals surface area contributed by atoms with Gasteiger partial charge in [0.25, 0.3) is 0 Å². The van der Waals surface area contributed by atoms with Crippen LogP contribution in [0.25, 0.3) is 33.4 Å². The van der Waals surface area contributed by atoms with E-state index in [0.717, 1.165) is 77.6 Å². The van der Waals surface area contributed by atoms with Gasteiger partial charge in [0.15, 0.2) is 11.9 Å². The number of phosphoric acid groups is 1. The van der Waals surface area contributed by atoms with Crippen molar-refractivity contribution in [2.75, 3.05) is 97.7 Å². The number of carbonyl (C=O) groups is 4. The number of amides is 1. The molecule has 0 bridgehead atoms. The number of carbonyl (C=O) groups excluding carboxylic acids is 4. The summed E-state index contributed by atoms with van der Waals surface area (Å²) in [6.07, 6.45) is 37.7. The second kappa shape index (κ2) is 53.9. The van der Waals surface area contributed by atoms with Gasteiger partial charge in [-0.05, 0) is 54.7 Å². The molecule has 0 aliphatic rings. The summed E-state index contributed by atoms with van der Waals surface area (Å²) in [5, 5.41) is 2.74. The minimum Gasteiger partial charge on any atom is -0.462 e. The van der Waals surface area contributed by atoms with Crippen LogP contribution in [0.1, 0.15) is 232 Å². The molecule has 2 N–H and O–H groups in total. The van der Waals surface area contributed by atoms with Crippen LogP contribution in [0.5, 0.6) is 0 Å². The van der Waals surface area contributed by atoms with Crippen molar-refractivity contribution in [1.29, 1.82) is 0 Å². The number of phosphoric ester groups is 1. The first-order valence-corrected chi connectivity index (χ1v) is 37.7. The zero-order valence-electron chi connectivity index (χ0n) is 57.9. The van der Waals surface area contributed by atoms with Crippen molar-refractivity contribution in [2.45, 2.75) is 238 Å². The van der Waals surface area contributed by atoms with E-state index in [0.29, 0.717) is 52.4 Å². The molecule has 18 nitrogen and oxygen atoms in total.